The predicted molar refractivity (Wildman–Crippen MR) is 73.0 cm³/mol. The van der Waals surface area contributed by atoms with Gasteiger partial charge in [-0.2, -0.15) is 0 Å². The number of hydrogen-bond acceptors (Lipinski definition) is 1. The Labute approximate surface area is 98.4 Å². The molecule has 0 saturated heterocycles. The van der Waals surface area contributed by atoms with Crippen LogP contribution in [-0.4, -0.2) is 19.0 Å². The van der Waals surface area contributed by atoms with Gasteiger partial charge in [-0.05, 0) is 29.7 Å². The highest BCUT2D eigenvalue weighted by atomic mass is 15.0. The van der Waals surface area contributed by atoms with E-state index in [2.05, 4.69) is 37.6 Å². The summed E-state index contributed by atoms with van der Waals surface area (Å²) in [4.78, 5) is 2.02. The van der Waals surface area contributed by atoms with Crippen molar-refractivity contribution in [3.63, 3.8) is 0 Å². The van der Waals surface area contributed by atoms with Gasteiger partial charge in [0.05, 0.1) is 0 Å². The molecule has 0 fully saturated rings. The van der Waals surface area contributed by atoms with E-state index < -0.39 is 0 Å². The molecule has 16 heavy (non-hydrogen) atoms. The van der Waals surface area contributed by atoms with Crippen molar-refractivity contribution in [3.8, 4) is 0 Å². The molecule has 0 radical (unpaired) electrons. The quantitative estimate of drug-likeness (QED) is 0.687. The van der Waals surface area contributed by atoms with Gasteiger partial charge < -0.3 is 4.90 Å². The summed E-state index contributed by atoms with van der Waals surface area (Å²) in [6.07, 6.45) is 3.93. The molecular formula is C15H19N. The van der Waals surface area contributed by atoms with Crippen LogP contribution < -0.4 is 0 Å². The molecule has 1 rings (SSSR count). The number of hydrogen-bond donors (Lipinski definition) is 0. The van der Waals surface area contributed by atoms with Crippen LogP contribution in [0.5, 0.6) is 0 Å². The van der Waals surface area contributed by atoms with Crippen LogP contribution in [0.25, 0.3) is 11.1 Å². The molecule has 0 aromatic heterocycles. The van der Waals surface area contributed by atoms with E-state index in [0.29, 0.717) is 0 Å². The summed E-state index contributed by atoms with van der Waals surface area (Å²) in [5.41, 5.74) is 4.54. The Bertz CT molecular complexity index is 425. The van der Waals surface area contributed by atoms with Gasteiger partial charge >= 0.3 is 0 Å². The summed E-state index contributed by atoms with van der Waals surface area (Å²) >= 11 is 0. The number of rotatable bonds is 4. The van der Waals surface area contributed by atoms with Gasteiger partial charge in [0.2, 0.25) is 0 Å². The zero-order chi connectivity index (χ0) is 12.1. The second-order valence-electron chi connectivity index (χ2n) is 4.11. The Morgan fingerprint density at radius 2 is 1.88 bits per heavy atom. The Morgan fingerprint density at radius 1 is 1.25 bits per heavy atom. The van der Waals surface area contributed by atoms with Gasteiger partial charge in [-0.3, -0.25) is 0 Å². The SMILES string of the molecule is C=C/C(=C\N(C)C)c1cccc(C(=C)C)c1. The van der Waals surface area contributed by atoms with Crippen LogP contribution in [0.2, 0.25) is 0 Å². The van der Waals surface area contributed by atoms with Crippen molar-refractivity contribution in [2.75, 3.05) is 14.1 Å². The number of allylic oxidation sites excluding steroid dienone is 3. The van der Waals surface area contributed by atoms with Crippen LogP contribution in [0.1, 0.15) is 18.1 Å². The first-order valence-corrected chi connectivity index (χ1v) is 5.31. The van der Waals surface area contributed by atoms with E-state index in [1.807, 2.05) is 38.1 Å². The lowest BCUT2D eigenvalue weighted by molar-refractivity contribution is 0.566. The van der Waals surface area contributed by atoms with E-state index >= 15 is 0 Å². The molecule has 1 heteroatoms. The molecule has 0 saturated carbocycles. The fourth-order valence-corrected chi connectivity index (χ4v) is 1.49. The van der Waals surface area contributed by atoms with Crippen LogP contribution in [0.15, 0.2) is 49.7 Å². The second kappa shape index (κ2) is 5.36. The van der Waals surface area contributed by atoms with Crippen molar-refractivity contribution >= 4 is 11.1 Å². The molecule has 0 amide bonds. The summed E-state index contributed by atoms with van der Waals surface area (Å²) in [7, 11) is 4.01. The second-order valence-corrected chi connectivity index (χ2v) is 4.11. The summed E-state index contributed by atoms with van der Waals surface area (Å²) in [6.45, 7) is 9.82. The summed E-state index contributed by atoms with van der Waals surface area (Å²) in [6, 6.07) is 8.34. The fourth-order valence-electron chi connectivity index (χ4n) is 1.49. The predicted octanol–water partition coefficient (Wildman–Crippen LogP) is 3.81. The Kier molecular flexibility index (Phi) is 4.12. The molecule has 0 bridgehead atoms. The van der Waals surface area contributed by atoms with Gasteiger partial charge in [0.1, 0.15) is 0 Å². The average molecular weight is 213 g/mol. The first-order valence-electron chi connectivity index (χ1n) is 5.31. The first-order chi connectivity index (χ1) is 7.54. The molecule has 0 heterocycles. The molecular weight excluding hydrogens is 194 g/mol. The molecule has 1 aromatic rings. The van der Waals surface area contributed by atoms with E-state index in [0.717, 1.165) is 11.1 Å². The number of nitrogens with zero attached hydrogens (tertiary/aromatic N) is 1. The van der Waals surface area contributed by atoms with Crippen LogP contribution in [0.3, 0.4) is 0 Å². The van der Waals surface area contributed by atoms with Gasteiger partial charge in [0.15, 0.2) is 0 Å². The van der Waals surface area contributed by atoms with Crippen molar-refractivity contribution in [1.29, 1.82) is 0 Å². The van der Waals surface area contributed by atoms with Crippen molar-refractivity contribution < 1.29 is 0 Å². The highest BCUT2D eigenvalue weighted by molar-refractivity contribution is 5.76. The number of benzene rings is 1. The Morgan fingerprint density at radius 3 is 2.38 bits per heavy atom. The zero-order valence-corrected chi connectivity index (χ0v) is 10.3. The molecule has 0 atom stereocenters. The molecule has 0 aliphatic rings. The average Bonchev–Trinajstić information content (AvgIpc) is 2.25. The molecule has 84 valence electrons. The zero-order valence-electron chi connectivity index (χ0n) is 10.3. The first kappa shape index (κ1) is 12.3. The van der Waals surface area contributed by atoms with Crippen LogP contribution in [-0.2, 0) is 0 Å². The van der Waals surface area contributed by atoms with Gasteiger partial charge in [0, 0.05) is 20.3 Å². The maximum absolute atomic E-state index is 3.96. The van der Waals surface area contributed by atoms with E-state index in [1.165, 1.54) is 11.1 Å². The van der Waals surface area contributed by atoms with Crippen molar-refractivity contribution in [3.05, 3.63) is 60.8 Å². The van der Waals surface area contributed by atoms with Crippen molar-refractivity contribution in [2.24, 2.45) is 0 Å². The Hall–Kier alpha value is -1.76. The van der Waals surface area contributed by atoms with E-state index in [9.17, 15) is 0 Å². The maximum atomic E-state index is 3.96. The molecule has 1 nitrogen and oxygen atoms in total. The highest BCUT2D eigenvalue weighted by Crippen LogP contribution is 2.20. The van der Waals surface area contributed by atoms with Crippen LogP contribution in [0, 0.1) is 0 Å². The standard InChI is InChI=1S/C15H19N/c1-6-13(11-16(4)5)15-9-7-8-14(10-15)12(2)3/h6-11H,1-2H2,3-5H3/b13-11+. The van der Waals surface area contributed by atoms with E-state index in [-0.39, 0.29) is 0 Å². The Balaban J connectivity index is 3.16. The third-order valence-corrected chi connectivity index (χ3v) is 2.31. The molecule has 0 spiro atoms. The monoisotopic (exact) mass is 213 g/mol. The fraction of sp³-hybridized carbons (Fsp3) is 0.200. The minimum absolute atomic E-state index is 1.08. The minimum atomic E-state index is 1.08. The lowest BCUT2D eigenvalue weighted by Gasteiger charge is -2.10. The summed E-state index contributed by atoms with van der Waals surface area (Å²) in [5.74, 6) is 0. The summed E-state index contributed by atoms with van der Waals surface area (Å²) < 4.78 is 0. The normalized spacial score (nSPS) is 11.1. The minimum Gasteiger partial charge on any atom is -0.383 e. The largest absolute Gasteiger partial charge is 0.383 e. The van der Waals surface area contributed by atoms with Crippen LogP contribution in [0.4, 0.5) is 0 Å². The molecule has 0 aliphatic heterocycles. The molecule has 0 unspecified atom stereocenters. The van der Waals surface area contributed by atoms with Gasteiger partial charge in [0.25, 0.3) is 0 Å². The molecule has 0 aliphatic carbocycles. The maximum Gasteiger partial charge on any atom is 0.00645 e. The van der Waals surface area contributed by atoms with E-state index in [1.54, 1.807) is 0 Å². The van der Waals surface area contributed by atoms with Gasteiger partial charge in [-0.25, -0.2) is 0 Å². The lowest BCUT2D eigenvalue weighted by Crippen LogP contribution is -2.02. The van der Waals surface area contributed by atoms with Gasteiger partial charge in [-0.15, -0.1) is 0 Å². The smallest absolute Gasteiger partial charge is 0.00645 e. The van der Waals surface area contributed by atoms with Crippen molar-refractivity contribution in [2.45, 2.75) is 6.92 Å². The molecule has 0 N–H and O–H groups in total. The summed E-state index contributed by atoms with van der Waals surface area (Å²) in [5, 5.41) is 0. The third kappa shape index (κ3) is 3.13. The lowest BCUT2D eigenvalue weighted by atomic mass is 10.0. The highest BCUT2D eigenvalue weighted by Gasteiger charge is 2.00. The third-order valence-electron chi connectivity index (χ3n) is 2.31. The topological polar surface area (TPSA) is 3.24 Å². The van der Waals surface area contributed by atoms with Crippen molar-refractivity contribution in [1.82, 2.24) is 4.90 Å². The van der Waals surface area contributed by atoms with Crippen LogP contribution >= 0.6 is 0 Å². The van der Waals surface area contributed by atoms with E-state index in [4.69, 9.17) is 0 Å². The molecule has 1 aromatic carbocycles. The van der Waals surface area contributed by atoms with Gasteiger partial charge in [-0.1, -0.05) is 43.0 Å².